The Morgan fingerprint density at radius 2 is 1.86 bits per heavy atom. The number of hydrogen-bond acceptors (Lipinski definition) is 3. The lowest BCUT2D eigenvalue weighted by atomic mass is 9.95. The maximum absolute atomic E-state index is 12.0. The number of carboxylic acids is 1. The fourth-order valence-corrected chi connectivity index (χ4v) is 2.28. The second-order valence-electron chi connectivity index (χ2n) is 5.19. The van der Waals surface area contributed by atoms with Gasteiger partial charge >= 0.3 is 5.97 Å². The molecule has 0 bridgehead atoms. The molecule has 2 rings (SSSR count). The molecule has 1 aliphatic carbocycles. The number of benzene rings is 1. The number of carbonyl (C=O) groups is 3. The summed E-state index contributed by atoms with van der Waals surface area (Å²) in [6.45, 7) is 2.00. The number of aliphatic carboxylic acids is 1. The number of nitrogens with one attached hydrogen (secondary N) is 2. The van der Waals surface area contributed by atoms with E-state index in [0.29, 0.717) is 12.5 Å². The van der Waals surface area contributed by atoms with Crippen LogP contribution < -0.4 is 10.9 Å². The molecular formula is C15H16N2O4. The standard InChI is InChI=1S/C15H16N2O4/c1-15(10-5-3-2-4-6-10)9-11(15)14(21)17-16-12(18)7-8-13(19)20/h2-8,11H,9H2,1H3,(H,16,18)(H,17,21)(H,19,20)/t11-,15+/m1/s1. The van der Waals surface area contributed by atoms with Crippen LogP contribution in [0.3, 0.4) is 0 Å². The number of hydrazine groups is 1. The highest BCUT2D eigenvalue weighted by Gasteiger charge is 2.55. The molecule has 1 aromatic rings. The van der Waals surface area contributed by atoms with E-state index in [9.17, 15) is 14.4 Å². The van der Waals surface area contributed by atoms with E-state index in [-0.39, 0.29) is 17.2 Å². The van der Waals surface area contributed by atoms with Crippen LogP contribution in [0.25, 0.3) is 0 Å². The van der Waals surface area contributed by atoms with Crippen molar-refractivity contribution in [3.05, 3.63) is 48.0 Å². The summed E-state index contributed by atoms with van der Waals surface area (Å²) in [5, 5.41) is 8.38. The van der Waals surface area contributed by atoms with Crippen LogP contribution in [-0.2, 0) is 19.8 Å². The third kappa shape index (κ3) is 3.47. The quantitative estimate of drug-likeness (QED) is 0.563. The molecule has 1 saturated carbocycles. The van der Waals surface area contributed by atoms with Crippen LogP contribution in [0.1, 0.15) is 18.9 Å². The molecule has 0 aromatic heterocycles. The predicted octanol–water partition coefficient (Wildman–Crippen LogP) is 0.752. The molecule has 1 aliphatic rings. The van der Waals surface area contributed by atoms with Gasteiger partial charge in [-0.15, -0.1) is 0 Å². The van der Waals surface area contributed by atoms with Crippen molar-refractivity contribution in [2.24, 2.45) is 5.92 Å². The van der Waals surface area contributed by atoms with Gasteiger partial charge in [0.1, 0.15) is 0 Å². The number of carbonyl (C=O) groups excluding carboxylic acids is 2. The van der Waals surface area contributed by atoms with Gasteiger partial charge in [0, 0.05) is 23.5 Å². The molecule has 0 saturated heterocycles. The van der Waals surface area contributed by atoms with Crippen LogP contribution >= 0.6 is 0 Å². The van der Waals surface area contributed by atoms with Gasteiger partial charge in [0.2, 0.25) is 5.91 Å². The van der Waals surface area contributed by atoms with Gasteiger partial charge in [0.25, 0.3) is 5.91 Å². The topological polar surface area (TPSA) is 95.5 Å². The van der Waals surface area contributed by atoms with Crippen molar-refractivity contribution in [2.75, 3.05) is 0 Å². The molecule has 6 heteroatoms. The van der Waals surface area contributed by atoms with Crippen molar-refractivity contribution < 1.29 is 19.5 Å². The van der Waals surface area contributed by atoms with Gasteiger partial charge in [0.05, 0.1) is 0 Å². The number of hydrogen-bond donors (Lipinski definition) is 3. The van der Waals surface area contributed by atoms with E-state index in [4.69, 9.17) is 5.11 Å². The Labute approximate surface area is 121 Å². The summed E-state index contributed by atoms with van der Waals surface area (Å²) in [5.41, 5.74) is 5.34. The molecule has 3 N–H and O–H groups in total. The van der Waals surface area contributed by atoms with Gasteiger partial charge in [-0.05, 0) is 12.0 Å². The molecule has 2 atom stereocenters. The van der Waals surface area contributed by atoms with Gasteiger partial charge in [-0.25, -0.2) is 4.79 Å². The summed E-state index contributed by atoms with van der Waals surface area (Å²) < 4.78 is 0. The Kier molecular flexibility index (Phi) is 4.07. The summed E-state index contributed by atoms with van der Waals surface area (Å²) in [7, 11) is 0. The van der Waals surface area contributed by atoms with E-state index in [2.05, 4.69) is 10.9 Å². The predicted molar refractivity (Wildman–Crippen MR) is 75.0 cm³/mol. The normalized spacial score (nSPS) is 23.6. The van der Waals surface area contributed by atoms with Crippen LogP contribution in [0.2, 0.25) is 0 Å². The van der Waals surface area contributed by atoms with Crippen molar-refractivity contribution in [3.8, 4) is 0 Å². The smallest absolute Gasteiger partial charge is 0.328 e. The van der Waals surface area contributed by atoms with Crippen molar-refractivity contribution in [1.29, 1.82) is 0 Å². The van der Waals surface area contributed by atoms with Gasteiger partial charge in [-0.1, -0.05) is 37.3 Å². The summed E-state index contributed by atoms with van der Waals surface area (Å²) in [5.74, 6) is -2.40. The minimum absolute atomic E-state index is 0.205. The second-order valence-corrected chi connectivity index (χ2v) is 5.19. The molecule has 0 unspecified atom stereocenters. The first-order valence-electron chi connectivity index (χ1n) is 6.50. The molecule has 0 spiro atoms. The fourth-order valence-electron chi connectivity index (χ4n) is 2.28. The van der Waals surface area contributed by atoms with Gasteiger partial charge in [0.15, 0.2) is 0 Å². The monoisotopic (exact) mass is 288 g/mol. The average Bonchev–Trinajstić information content (AvgIpc) is 3.17. The zero-order valence-corrected chi connectivity index (χ0v) is 11.5. The molecular weight excluding hydrogens is 272 g/mol. The maximum Gasteiger partial charge on any atom is 0.328 e. The largest absolute Gasteiger partial charge is 0.478 e. The Morgan fingerprint density at radius 3 is 2.48 bits per heavy atom. The van der Waals surface area contributed by atoms with E-state index >= 15 is 0 Å². The fraction of sp³-hybridized carbons (Fsp3) is 0.267. The van der Waals surface area contributed by atoms with E-state index in [1.807, 2.05) is 37.3 Å². The van der Waals surface area contributed by atoms with Gasteiger partial charge in [-0.3, -0.25) is 20.4 Å². The minimum atomic E-state index is -1.23. The summed E-state index contributed by atoms with van der Waals surface area (Å²) in [4.78, 5) is 33.5. The Morgan fingerprint density at radius 1 is 1.19 bits per heavy atom. The first-order valence-corrected chi connectivity index (χ1v) is 6.50. The summed E-state index contributed by atoms with van der Waals surface area (Å²) in [6.07, 6.45) is 2.25. The lowest BCUT2D eigenvalue weighted by Crippen LogP contribution is -2.42. The molecule has 0 heterocycles. The Hall–Kier alpha value is -2.63. The Balaban J connectivity index is 1.86. The second kappa shape index (κ2) is 5.78. The first-order chi connectivity index (χ1) is 9.93. The SMILES string of the molecule is C[C@@]1(c2ccccc2)C[C@@H]1C(=O)NNC(=O)C=CC(=O)O. The highest BCUT2D eigenvalue weighted by Crippen LogP contribution is 2.53. The lowest BCUT2D eigenvalue weighted by Gasteiger charge is -2.12. The third-order valence-electron chi connectivity index (χ3n) is 3.67. The van der Waals surface area contributed by atoms with E-state index < -0.39 is 11.9 Å². The maximum atomic E-state index is 12.0. The van der Waals surface area contributed by atoms with Crippen molar-refractivity contribution >= 4 is 17.8 Å². The zero-order valence-electron chi connectivity index (χ0n) is 11.5. The van der Waals surface area contributed by atoms with Crippen LogP contribution in [-0.4, -0.2) is 22.9 Å². The highest BCUT2D eigenvalue weighted by molar-refractivity contribution is 5.95. The number of amides is 2. The van der Waals surface area contributed by atoms with Gasteiger partial charge < -0.3 is 5.11 Å². The van der Waals surface area contributed by atoms with E-state index in [0.717, 1.165) is 11.6 Å². The van der Waals surface area contributed by atoms with E-state index in [1.54, 1.807) is 0 Å². The molecule has 6 nitrogen and oxygen atoms in total. The van der Waals surface area contributed by atoms with Crippen LogP contribution in [0.5, 0.6) is 0 Å². The van der Waals surface area contributed by atoms with E-state index in [1.165, 1.54) is 0 Å². The molecule has 21 heavy (non-hydrogen) atoms. The van der Waals surface area contributed by atoms with Crippen LogP contribution in [0.4, 0.5) is 0 Å². The highest BCUT2D eigenvalue weighted by atomic mass is 16.4. The van der Waals surface area contributed by atoms with Crippen molar-refractivity contribution in [1.82, 2.24) is 10.9 Å². The molecule has 0 aliphatic heterocycles. The first kappa shape index (κ1) is 14.8. The number of carboxylic acid groups (broad SMARTS) is 1. The lowest BCUT2D eigenvalue weighted by molar-refractivity contribution is -0.131. The molecule has 1 aromatic carbocycles. The summed E-state index contributed by atoms with van der Waals surface area (Å²) in [6, 6.07) is 9.71. The van der Waals surface area contributed by atoms with Crippen molar-refractivity contribution in [2.45, 2.75) is 18.8 Å². The molecule has 2 amide bonds. The van der Waals surface area contributed by atoms with Crippen LogP contribution in [0, 0.1) is 5.92 Å². The Bertz CT molecular complexity index is 597. The summed E-state index contributed by atoms with van der Waals surface area (Å²) >= 11 is 0. The molecule has 110 valence electrons. The molecule has 1 fully saturated rings. The zero-order chi connectivity index (χ0) is 15.5. The minimum Gasteiger partial charge on any atom is -0.478 e. The van der Waals surface area contributed by atoms with Gasteiger partial charge in [-0.2, -0.15) is 0 Å². The third-order valence-corrected chi connectivity index (χ3v) is 3.67. The average molecular weight is 288 g/mol. The van der Waals surface area contributed by atoms with Crippen LogP contribution in [0.15, 0.2) is 42.5 Å². The van der Waals surface area contributed by atoms with Crippen molar-refractivity contribution in [3.63, 3.8) is 0 Å². The molecule has 0 radical (unpaired) electrons. The number of rotatable bonds is 4.